The first-order chi connectivity index (χ1) is 29.6. The number of pyridine rings is 1. The molecule has 3 aromatic heterocycles. The Morgan fingerprint density at radius 3 is 1.95 bits per heavy atom. The molecule has 0 saturated heterocycles. The fourth-order valence-corrected chi connectivity index (χ4v) is 9.45. The van der Waals surface area contributed by atoms with Crippen LogP contribution in [0.4, 0.5) is 0 Å². The minimum absolute atomic E-state index is 0.445. The van der Waals surface area contributed by atoms with E-state index in [4.69, 9.17) is 20.1 Å². The van der Waals surface area contributed by atoms with Crippen molar-refractivity contribution in [3.05, 3.63) is 217 Å². The lowest BCUT2D eigenvalue weighted by Crippen LogP contribution is -2.13. The smallest absolute Gasteiger partial charge is 0.143 e. The van der Waals surface area contributed by atoms with E-state index in [0.717, 1.165) is 71.4 Å². The topological polar surface area (TPSA) is 64.4 Å². The summed E-state index contributed by atoms with van der Waals surface area (Å²) in [4.78, 5) is 11.5. The number of nitrogens with two attached hydrogens (primary N) is 1. The van der Waals surface area contributed by atoms with Crippen molar-refractivity contribution in [3.63, 3.8) is 0 Å². The monoisotopic (exact) mass is 787 g/mol. The average Bonchev–Trinajstić information content (AvgIpc) is 3.89. The Balaban J connectivity index is 0.951. The van der Waals surface area contributed by atoms with E-state index >= 15 is 0 Å². The van der Waals surface area contributed by atoms with Gasteiger partial charge in [-0.25, -0.2) is 9.98 Å². The number of hydrogen-bond donors (Lipinski definition) is 1. The molecule has 0 saturated carbocycles. The molecule has 11 aromatic rings. The molecule has 0 fully saturated rings. The molecule has 0 unspecified atom stereocenters. The van der Waals surface area contributed by atoms with E-state index < -0.39 is 0 Å². The molecule has 0 spiro atoms. The van der Waals surface area contributed by atoms with Crippen molar-refractivity contribution in [3.8, 4) is 33.5 Å². The first-order valence-corrected chi connectivity index (χ1v) is 21.0. The van der Waals surface area contributed by atoms with Gasteiger partial charge in [-0.05, 0) is 51.8 Å². The Hall–Kier alpha value is -7.60. The largest absolute Gasteiger partial charge is 0.455 e. The molecule has 2 N–H and O–H groups in total. The van der Waals surface area contributed by atoms with Crippen LogP contribution >= 0.6 is 11.3 Å². The van der Waals surface area contributed by atoms with E-state index in [1.54, 1.807) is 11.3 Å². The second-order valence-electron chi connectivity index (χ2n) is 15.1. The Kier molecular flexibility index (Phi) is 8.87. The summed E-state index contributed by atoms with van der Waals surface area (Å²) in [5.41, 5.74) is 19.0. The van der Waals surface area contributed by atoms with Crippen LogP contribution in [-0.4, -0.2) is 10.8 Å². The lowest BCUT2D eigenvalue weighted by atomic mass is 9.99. The Labute approximate surface area is 351 Å². The van der Waals surface area contributed by atoms with Crippen LogP contribution in [0.15, 0.2) is 210 Å². The number of furan rings is 1. The van der Waals surface area contributed by atoms with Gasteiger partial charge in [-0.2, -0.15) is 0 Å². The molecule has 0 aliphatic rings. The highest BCUT2D eigenvalue weighted by Crippen LogP contribution is 2.41. The highest BCUT2D eigenvalue weighted by atomic mass is 32.1. The zero-order valence-electron chi connectivity index (χ0n) is 32.5. The molecule has 0 bridgehead atoms. The number of nitrogens with zero attached hydrogens (tertiary/aromatic N) is 2. The molecule has 8 aromatic carbocycles. The van der Waals surface area contributed by atoms with Crippen molar-refractivity contribution < 1.29 is 4.42 Å². The summed E-state index contributed by atoms with van der Waals surface area (Å²) in [6.45, 7) is 0. The highest BCUT2D eigenvalue weighted by Gasteiger charge is 2.16. The second kappa shape index (κ2) is 15.0. The molecule has 3 heterocycles. The molecular weight excluding hydrogens is 751 g/mol. The maximum absolute atomic E-state index is 6.87. The highest BCUT2D eigenvalue weighted by molar-refractivity contribution is 7.25. The summed E-state index contributed by atoms with van der Waals surface area (Å²) in [5.74, 6) is 0.445. The molecule has 0 amide bonds. The van der Waals surface area contributed by atoms with Crippen LogP contribution < -0.4 is 5.73 Å². The van der Waals surface area contributed by atoms with Crippen LogP contribution in [-0.2, 0) is 6.42 Å². The third kappa shape index (κ3) is 6.42. The predicted molar refractivity (Wildman–Crippen MR) is 254 cm³/mol. The fraction of sp³-hybridized carbons (Fsp3) is 0.0182. The van der Waals surface area contributed by atoms with E-state index in [-0.39, 0.29) is 0 Å². The van der Waals surface area contributed by atoms with Gasteiger partial charge in [0.15, 0.2) is 0 Å². The van der Waals surface area contributed by atoms with Gasteiger partial charge in [0.25, 0.3) is 0 Å². The third-order valence-corrected chi connectivity index (χ3v) is 12.5. The summed E-state index contributed by atoms with van der Waals surface area (Å²) in [6, 6.07) is 67.7. The average molecular weight is 788 g/mol. The van der Waals surface area contributed by atoms with Crippen LogP contribution in [0.1, 0.15) is 16.7 Å². The minimum atomic E-state index is 0.445. The van der Waals surface area contributed by atoms with Gasteiger partial charge < -0.3 is 10.2 Å². The Bertz CT molecular complexity index is 3430. The van der Waals surface area contributed by atoms with Crippen LogP contribution in [0, 0.1) is 0 Å². The molecule has 0 aliphatic heterocycles. The number of thiophene rings is 1. The number of hydrogen-bond acceptors (Lipinski definition) is 4. The molecule has 0 aliphatic carbocycles. The SMILES string of the molecule is NC(=N/C(=C\Cc1ccc(-c2ccccc2)cc1)c1ccc(-c2nc3sc4ccccc4c3c3ccccc23)cc1)c1ccc(-c2cccc3c2oc2ccccc23)cc1. The predicted octanol–water partition coefficient (Wildman–Crippen LogP) is 14.5. The molecule has 4 nitrogen and oxygen atoms in total. The number of fused-ring (bicyclic) bond motifs is 8. The van der Waals surface area contributed by atoms with Crippen LogP contribution in [0.5, 0.6) is 0 Å². The summed E-state index contributed by atoms with van der Waals surface area (Å²) in [5, 5.41) is 7.05. The van der Waals surface area contributed by atoms with Crippen molar-refractivity contribution in [1.82, 2.24) is 4.98 Å². The number of rotatable bonds is 8. The van der Waals surface area contributed by atoms with Crippen molar-refractivity contribution in [1.29, 1.82) is 0 Å². The van der Waals surface area contributed by atoms with Crippen LogP contribution in [0.25, 0.3) is 92.2 Å². The zero-order valence-corrected chi connectivity index (χ0v) is 33.4. The van der Waals surface area contributed by atoms with E-state index in [9.17, 15) is 0 Å². The molecule has 60 heavy (non-hydrogen) atoms. The molecule has 5 heteroatoms. The maximum Gasteiger partial charge on any atom is 0.143 e. The molecule has 284 valence electrons. The number of aromatic nitrogens is 1. The second-order valence-corrected chi connectivity index (χ2v) is 16.1. The van der Waals surface area contributed by atoms with E-state index in [1.807, 2.05) is 36.4 Å². The van der Waals surface area contributed by atoms with Gasteiger partial charge in [0.05, 0.1) is 11.4 Å². The minimum Gasteiger partial charge on any atom is -0.455 e. The lowest BCUT2D eigenvalue weighted by molar-refractivity contribution is 0.670. The van der Waals surface area contributed by atoms with E-state index in [1.165, 1.54) is 37.5 Å². The van der Waals surface area contributed by atoms with Crippen LogP contribution in [0.2, 0.25) is 0 Å². The molecule has 0 radical (unpaired) electrons. The quantitative estimate of drug-likeness (QED) is 0.123. The van der Waals surface area contributed by atoms with Gasteiger partial charge in [0.1, 0.15) is 21.8 Å². The number of amidine groups is 1. The van der Waals surface area contributed by atoms with Gasteiger partial charge in [0, 0.05) is 48.3 Å². The van der Waals surface area contributed by atoms with Gasteiger partial charge in [-0.3, -0.25) is 0 Å². The molecule has 0 atom stereocenters. The number of benzene rings is 8. The summed E-state index contributed by atoms with van der Waals surface area (Å²) in [6.07, 6.45) is 2.87. The van der Waals surface area contributed by atoms with Crippen LogP contribution in [0.3, 0.4) is 0 Å². The summed E-state index contributed by atoms with van der Waals surface area (Å²) < 4.78 is 7.59. The van der Waals surface area contributed by atoms with Gasteiger partial charge in [-0.1, -0.05) is 188 Å². The van der Waals surface area contributed by atoms with Gasteiger partial charge >= 0.3 is 0 Å². The zero-order chi connectivity index (χ0) is 40.0. The number of para-hydroxylation sites is 2. The van der Waals surface area contributed by atoms with Crippen molar-refractivity contribution in [2.45, 2.75) is 6.42 Å². The van der Waals surface area contributed by atoms with Crippen molar-refractivity contribution >= 4 is 75.9 Å². The Morgan fingerprint density at radius 1 is 0.533 bits per heavy atom. The fourth-order valence-electron chi connectivity index (χ4n) is 8.36. The van der Waals surface area contributed by atoms with Gasteiger partial charge in [-0.15, -0.1) is 11.3 Å². The first kappa shape index (κ1) is 35.6. The summed E-state index contributed by atoms with van der Waals surface area (Å²) >= 11 is 1.75. The number of allylic oxidation sites excluding steroid dienone is 1. The third-order valence-electron chi connectivity index (χ3n) is 11.4. The maximum atomic E-state index is 6.87. The van der Waals surface area contributed by atoms with Gasteiger partial charge in [0.2, 0.25) is 0 Å². The lowest BCUT2D eigenvalue weighted by Gasteiger charge is -2.11. The van der Waals surface area contributed by atoms with E-state index in [2.05, 4.69) is 164 Å². The standard InChI is InChI=1S/C55H37N3OS/c56-54(41-32-26-38(27-33-41)42-17-10-18-46-43-13-6-8-19-49(43)59-53(42)46)57-48(34-23-35-21-24-37(25-22-35)36-11-2-1-3-12-36)39-28-30-40(31-29-39)52-45-15-5-4-14-44(45)51-47-16-7-9-20-50(47)60-55(51)58-52/h1-22,24-34H,23H2,(H2,56,57)/b48-34-. The first-order valence-electron chi connectivity index (χ1n) is 20.2. The molecule has 11 rings (SSSR count). The molecular formula is C55H37N3OS. The van der Waals surface area contributed by atoms with E-state index in [0.29, 0.717) is 12.3 Å². The van der Waals surface area contributed by atoms with Crippen molar-refractivity contribution in [2.24, 2.45) is 10.7 Å². The normalized spacial score (nSPS) is 12.3. The Morgan fingerprint density at radius 2 is 1.15 bits per heavy atom. The number of aliphatic imine (C=N–C) groups is 1. The van der Waals surface area contributed by atoms with Crippen molar-refractivity contribution in [2.75, 3.05) is 0 Å². The summed E-state index contributed by atoms with van der Waals surface area (Å²) in [7, 11) is 0.